The molecule has 0 spiro atoms. The van der Waals surface area contributed by atoms with Gasteiger partial charge in [-0.25, -0.2) is 0 Å². The SMILES string of the molecule is CCNC(=NCC1CCCN(Cc2cccs2)C1)N1CCCC1. The Labute approximate surface area is 144 Å². The lowest BCUT2D eigenvalue weighted by atomic mass is 9.98. The Hall–Kier alpha value is -1.07. The highest BCUT2D eigenvalue weighted by Gasteiger charge is 2.21. The first-order valence-corrected chi connectivity index (χ1v) is 10.0. The predicted octanol–water partition coefficient (Wildman–Crippen LogP) is 3.02. The third kappa shape index (κ3) is 4.95. The summed E-state index contributed by atoms with van der Waals surface area (Å²) in [5, 5.41) is 5.66. The lowest BCUT2D eigenvalue weighted by Crippen LogP contribution is -2.41. The molecule has 0 aromatic carbocycles. The van der Waals surface area contributed by atoms with E-state index in [2.05, 4.69) is 39.6 Å². The summed E-state index contributed by atoms with van der Waals surface area (Å²) in [6, 6.07) is 4.41. The van der Waals surface area contributed by atoms with Crippen LogP contribution < -0.4 is 5.32 Å². The number of aliphatic imine (C=N–C) groups is 1. The van der Waals surface area contributed by atoms with Gasteiger partial charge in [0.05, 0.1) is 0 Å². The number of hydrogen-bond acceptors (Lipinski definition) is 3. The van der Waals surface area contributed by atoms with Gasteiger partial charge < -0.3 is 10.2 Å². The highest BCUT2D eigenvalue weighted by molar-refractivity contribution is 7.09. The van der Waals surface area contributed by atoms with Crippen molar-refractivity contribution in [2.45, 2.75) is 39.2 Å². The predicted molar refractivity (Wildman–Crippen MR) is 99.1 cm³/mol. The second-order valence-corrected chi connectivity index (χ2v) is 7.74. The molecule has 1 aromatic heterocycles. The average Bonchev–Trinajstić information content (AvgIpc) is 3.25. The minimum absolute atomic E-state index is 0.708. The van der Waals surface area contributed by atoms with Crippen molar-refractivity contribution in [1.29, 1.82) is 0 Å². The molecule has 2 aliphatic heterocycles. The first-order valence-electron chi connectivity index (χ1n) is 9.13. The molecule has 0 amide bonds. The maximum Gasteiger partial charge on any atom is 0.193 e. The maximum absolute atomic E-state index is 4.96. The molecule has 1 unspecified atom stereocenters. The first-order chi connectivity index (χ1) is 11.3. The van der Waals surface area contributed by atoms with Crippen LogP contribution in [0.3, 0.4) is 0 Å². The second-order valence-electron chi connectivity index (χ2n) is 6.71. The summed E-state index contributed by atoms with van der Waals surface area (Å²) in [4.78, 5) is 11.5. The number of thiophene rings is 1. The summed E-state index contributed by atoms with van der Waals surface area (Å²) in [6.07, 6.45) is 5.25. The lowest BCUT2D eigenvalue weighted by Gasteiger charge is -2.32. The highest BCUT2D eigenvalue weighted by atomic mass is 32.1. The highest BCUT2D eigenvalue weighted by Crippen LogP contribution is 2.21. The van der Waals surface area contributed by atoms with Crippen LogP contribution in [0.15, 0.2) is 22.5 Å². The van der Waals surface area contributed by atoms with Gasteiger partial charge in [-0.05, 0) is 56.5 Å². The standard InChI is InChI=1S/C18H30N4S/c1-2-19-18(22-10-3-4-11-22)20-13-16-7-5-9-21(14-16)15-17-8-6-12-23-17/h6,8,12,16H,2-5,7,9-11,13-15H2,1H3,(H,19,20). The van der Waals surface area contributed by atoms with Gasteiger partial charge in [0.2, 0.25) is 0 Å². The fourth-order valence-electron chi connectivity index (χ4n) is 3.64. The third-order valence-electron chi connectivity index (χ3n) is 4.80. The van der Waals surface area contributed by atoms with Crippen molar-refractivity contribution in [2.24, 2.45) is 10.9 Å². The summed E-state index contributed by atoms with van der Waals surface area (Å²) in [6.45, 7) is 9.98. The molecular formula is C18H30N4S. The second kappa shape index (κ2) is 8.69. The number of hydrogen-bond donors (Lipinski definition) is 1. The maximum atomic E-state index is 4.96. The molecule has 5 heteroatoms. The molecule has 0 aliphatic carbocycles. The number of nitrogens with one attached hydrogen (secondary N) is 1. The molecule has 1 atom stereocenters. The van der Waals surface area contributed by atoms with E-state index in [1.165, 1.54) is 56.7 Å². The molecule has 2 saturated heterocycles. The molecule has 0 radical (unpaired) electrons. The zero-order chi connectivity index (χ0) is 15.9. The molecule has 2 aliphatic rings. The molecule has 0 saturated carbocycles. The normalized spacial score (nSPS) is 23.4. The number of likely N-dealkylation sites (tertiary alicyclic amines) is 2. The Morgan fingerprint density at radius 2 is 2.17 bits per heavy atom. The largest absolute Gasteiger partial charge is 0.357 e. The molecular weight excluding hydrogens is 304 g/mol. The summed E-state index contributed by atoms with van der Waals surface area (Å²) < 4.78 is 0. The van der Waals surface area contributed by atoms with Crippen LogP contribution in [0, 0.1) is 5.92 Å². The summed E-state index contributed by atoms with van der Waals surface area (Å²) in [7, 11) is 0. The van der Waals surface area contributed by atoms with E-state index >= 15 is 0 Å². The molecule has 2 fully saturated rings. The number of nitrogens with zero attached hydrogens (tertiary/aromatic N) is 3. The first kappa shape index (κ1) is 16.8. The Morgan fingerprint density at radius 1 is 1.30 bits per heavy atom. The van der Waals surface area contributed by atoms with Crippen molar-refractivity contribution in [3.8, 4) is 0 Å². The van der Waals surface area contributed by atoms with Crippen LogP contribution >= 0.6 is 11.3 Å². The Morgan fingerprint density at radius 3 is 2.91 bits per heavy atom. The van der Waals surface area contributed by atoms with E-state index in [1.807, 2.05) is 11.3 Å². The topological polar surface area (TPSA) is 30.9 Å². The zero-order valence-corrected chi connectivity index (χ0v) is 15.2. The number of guanidine groups is 1. The summed E-state index contributed by atoms with van der Waals surface area (Å²) in [5.74, 6) is 1.85. The van der Waals surface area contributed by atoms with Gasteiger partial charge in [-0.15, -0.1) is 11.3 Å². The van der Waals surface area contributed by atoms with Gasteiger partial charge in [-0.3, -0.25) is 9.89 Å². The van der Waals surface area contributed by atoms with E-state index in [1.54, 1.807) is 0 Å². The summed E-state index contributed by atoms with van der Waals surface area (Å²) in [5.41, 5.74) is 0. The molecule has 4 nitrogen and oxygen atoms in total. The Bertz CT molecular complexity index is 479. The van der Waals surface area contributed by atoms with E-state index < -0.39 is 0 Å². The minimum atomic E-state index is 0.708. The van der Waals surface area contributed by atoms with Crippen LogP contribution in [0.5, 0.6) is 0 Å². The van der Waals surface area contributed by atoms with Crippen LogP contribution in [0.2, 0.25) is 0 Å². The quantitative estimate of drug-likeness (QED) is 0.663. The van der Waals surface area contributed by atoms with Crippen molar-refractivity contribution >= 4 is 17.3 Å². The Balaban J connectivity index is 1.52. The minimum Gasteiger partial charge on any atom is -0.357 e. The van der Waals surface area contributed by atoms with Crippen LogP contribution in [0.4, 0.5) is 0 Å². The monoisotopic (exact) mass is 334 g/mol. The average molecular weight is 335 g/mol. The van der Waals surface area contributed by atoms with E-state index in [0.717, 1.165) is 25.6 Å². The molecule has 0 bridgehead atoms. The van der Waals surface area contributed by atoms with Gasteiger partial charge in [-0.2, -0.15) is 0 Å². The van der Waals surface area contributed by atoms with Crippen LogP contribution in [-0.2, 0) is 6.54 Å². The van der Waals surface area contributed by atoms with Crippen molar-refractivity contribution in [1.82, 2.24) is 15.1 Å². The van der Waals surface area contributed by atoms with Crippen LogP contribution in [0.1, 0.15) is 37.5 Å². The van der Waals surface area contributed by atoms with Gasteiger partial charge in [0.15, 0.2) is 5.96 Å². The van der Waals surface area contributed by atoms with Crippen molar-refractivity contribution in [3.63, 3.8) is 0 Å². The Kier molecular flexibility index (Phi) is 6.34. The summed E-state index contributed by atoms with van der Waals surface area (Å²) >= 11 is 1.87. The van der Waals surface area contributed by atoms with Crippen molar-refractivity contribution in [3.05, 3.63) is 22.4 Å². The van der Waals surface area contributed by atoms with Crippen molar-refractivity contribution in [2.75, 3.05) is 39.3 Å². The third-order valence-corrected chi connectivity index (χ3v) is 5.66. The van der Waals surface area contributed by atoms with Crippen molar-refractivity contribution < 1.29 is 0 Å². The van der Waals surface area contributed by atoms with Crippen LogP contribution in [0.25, 0.3) is 0 Å². The van der Waals surface area contributed by atoms with Gasteiger partial charge in [-0.1, -0.05) is 6.07 Å². The molecule has 1 N–H and O–H groups in total. The number of piperidine rings is 1. The number of rotatable bonds is 5. The van der Waals surface area contributed by atoms with Gasteiger partial charge in [0.1, 0.15) is 0 Å². The zero-order valence-electron chi connectivity index (χ0n) is 14.3. The van der Waals surface area contributed by atoms with E-state index in [4.69, 9.17) is 4.99 Å². The van der Waals surface area contributed by atoms with E-state index in [-0.39, 0.29) is 0 Å². The molecule has 3 heterocycles. The molecule has 23 heavy (non-hydrogen) atoms. The molecule has 1 aromatic rings. The molecule has 128 valence electrons. The van der Waals surface area contributed by atoms with Gasteiger partial charge >= 0.3 is 0 Å². The fraction of sp³-hybridized carbons (Fsp3) is 0.722. The smallest absolute Gasteiger partial charge is 0.193 e. The van der Waals surface area contributed by atoms with Gasteiger partial charge in [0.25, 0.3) is 0 Å². The molecule has 3 rings (SSSR count). The lowest BCUT2D eigenvalue weighted by molar-refractivity contribution is 0.172. The van der Waals surface area contributed by atoms with Gasteiger partial charge in [0, 0.05) is 44.1 Å². The van der Waals surface area contributed by atoms with E-state index in [0.29, 0.717) is 5.92 Å². The fourth-order valence-corrected chi connectivity index (χ4v) is 4.38. The van der Waals surface area contributed by atoms with Crippen LogP contribution in [-0.4, -0.2) is 55.0 Å². The van der Waals surface area contributed by atoms with E-state index in [9.17, 15) is 0 Å².